The second-order valence-electron chi connectivity index (χ2n) is 6.40. The van der Waals surface area contributed by atoms with Crippen molar-refractivity contribution in [1.29, 1.82) is 0 Å². The highest BCUT2D eigenvalue weighted by Crippen LogP contribution is 2.32. The van der Waals surface area contributed by atoms with E-state index in [1.165, 1.54) is 5.56 Å². The van der Waals surface area contributed by atoms with Crippen LogP contribution in [-0.4, -0.2) is 30.3 Å². The van der Waals surface area contributed by atoms with Crippen molar-refractivity contribution in [1.82, 2.24) is 19.4 Å². The molecular weight excluding hydrogens is 340 g/mol. The molecule has 7 nitrogen and oxygen atoms in total. The van der Waals surface area contributed by atoms with Crippen LogP contribution in [0.2, 0.25) is 0 Å². The molecule has 3 aromatic heterocycles. The van der Waals surface area contributed by atoms with E-state index in [-0.39, 0.29) is 0 Å². The minimum absolute atomic E-state index is 0.744. The van der Waals surface area contributed by atoms with Gasteiger partial charge in [0.2, 0.25) is 0 Å². The number of fused-ring (bicyclic) bond motifs is 2. The van der Waals surface area contributed by atoms with Crippen molar-refractivity contribution in [2.75, 3.05) is 5.32 Å². The molecule has 7 heteroatoms. The summed E-state index contributed by atoms with van der Waals surface area (Å²) in [5, 5.41) is 16.0. The van der Waals surface area contributed by atoms with Gasteiger partial charge in [-0.3, -0.25) is 14.4 Å². The van der Waals surface area contributed by atoms with Crippen LogP contribution >= 0.6 is 0 Å². The normalized spacial score (nSPS) is 14.6. The van der Waals surface area contributed by atoms with E-state index in [0.29, 0.717) is 0 Å². The fraction of sp³-hybridized carbons (Fsp3) is 0.100. The zero-order chi connectivity index (χ0) is 18.2. The summed E-state index contributed by atoms with van der Waals surface area (Å²) in [6, 6.07) is 9.96. The molecule has 0 fully saturated rings. The lowest BCUT2D eigenvalue weighted by Crippen LogP contribution is -1.99. The summed E-state index contributed by atoms with van der Waals surface area (Å²) in [4.78, 5) is 13.1. The third-order valence-electron chi connectivity index (χ3n) is 4.80. The van der Waals surface area contributed by atoms with Gasteiger partial charge in [-0.2, -0.15) is 0 Å². The first-order valence-electron chi connectivity index (χ1n) is 8.67. The number of aromatic nitrogens is 4. The first kappa shape index (κ1) is 15.5. The van der Waals surface area contributed by atoms with E-state index in [1.807, 2.05) is 34.9 Å². The predicted octanol–water partition coefficient (Wildman–Crippen LogP) is 3.66. The second-order valence-corrected chi connectivity index (χ2v) is 6.40. The van der Waals surface area contributed by atoms with Gasteiger partial charge >= 0.3 is 0 Å². The molecule has 1 aliphatic carbocycles. The van der Waals surface area contributed by atoms with Crippen molar-refractivity contribution in [3.05, 3.63) is 72.4 Å². The maximum atomic E-state index is 9.12. The van der Waals surface area contributed by atoms with E-state index in [1.54, 1.807) is 24.8 Å². The molecule has 0 saturated carbocycles. The Kier molecular flexibility index (Phi) is 3.57. The van der Waals surface area contributed by atoms with E-state index in [4.69, 9.17) is 10.2 Å². The molecule has 0 radical (unpaired) electrons. The Morgan fingerprint density at radius 1 is 1.07 bits per heavy atom. The van der Waals surface area contributed by atoms with Crippen molar-refractivity contribution in [2.24, 2.45) is 5.16 Å². The van der Waals surface area contributed by atoms with Crippen molar-refractivity contribution in [2.45, 2.75) is 12.8 Å². The molecule has 0 aliphatic heterocycles. The molecule has 0 spiro atoms. The summed E-state index contributed by atoms with van der Waals surface area (Å²) in [6.07, 6.45) is 10.5. The smallest absolute Gasteiger partial charge is 0.157 e. The zero-order valence-electron chi connectivity index (χ0n) is 14.4. The van der Waals surface area contributed by atoms with Crippen molar-refractivity contribution in [3.8, 4) is 11.3 Å². The SMILES string of the molecule is O/N=C1\CCc2cc(Nc3c(-c4cccnc4)nc4cnccn34)ccc21. The molecule has 132 valence electrons. The van der Waals surface area contributed by atoms with Crippen LogP contribution < -0.4 is 5.32 Å². The van der Waals surface area contributed by atoms with Gasteiger partial charge in [-0.25, -0.2) is 4.98 Å². The lowest BCUT2D eigenvalue weighted by molar-refractivity contribution is 0.318. The van der Waals surface area contributed by atoms with E-state index < -0.39 is 0 Å². The highest BCUT2D eigenvalue weighted by molar-refractivity contribution is 6.04. The van der Waals surface area contributed by atoms with E-state index >= 15 is 0 Å². The molecule has 3 heterocycles. The average Bonchev–Trinajstić information content (AvgIpc) is 3.30. The van der Waals surface area contributed by atoms with Crippen LogP contribution in [0.4, 0.5) is 11.5 Å². The van der Waals surface area contributed by atoms with Gasteiger partial charge in [-0.1, -0.05) is 11.2 Å². The maximum absolute atomic E-state index is 9.12. The van der Waals surface area contributed by atoms with Crippen LogP contribution in [0.3, 0.4) is 0 Å². The number of anilines is 2. The monoisotopic (exact) mass is 356 g/mol. The minimum Gasteiger partial charge on any atom is -0.411 e. The third kappa shape index (κ3) is 2.60. The number of nitrogens with zero attached hydrogens (tertiary/aromatic N) is 5. The number of rotatable bonds is 3. The van der Waals surface area contributed by atoms with Gasteiger partial charge < -0.3 is 10.5 Å². The Balaban J connectivity index is 1.61. The highest BCUT2D eigenvalue weighted by Gasteiger charge is 2.20. The molecule has 1 aromatic carbocycles. The Bertz CT molecular complexity index is 1170. The van der Waals surface area contributed by atoms with Gasteiger partial charge in [0.05, 0.1) is 11.9 Å². The Labute approximate surface area is 155 Å². The molecule has 0 bridgehead atoms. The van der Waals surface area contributed by atoms with Crippen molar-refractivity contribution < 1.29 is 5.21 Å². The summed E-state index contributed by atoms with van der Waals surface area (Å²) in [7, 11) is 0. The molecule has 0 unspecified atom stereocenters. The van der Waals surface area contributed by atoms with Gasteiger partial charge in [-0.05, 0) is 42.7 Å². The van der Waals surface area contributed by atoms with Crippen LogP contribution in [0.5, 0.6) is 0 Å². The van der Waals surface area contributed by atoms with Gasteiger partial charge in [-0.15, -0.1) is 0 Å². The van der Waals surface area contributed by atoms with Gasteiger partial charge in [0.15, 0.2) is 5.65 Å². The first-order valence-corrected chi connectivity index (χ1v) is 8.67. The number of imidazole rings is 1. The molecule has 0 atom stereocenters. The predicted molar refractivity (Wildman–Crippen MR) is 103 cm³/mol. The van der Waals surface area contributed by atoms with Gasteiger partial charge in [0, 0.05) is 41.6 Å². The lowest BCUT2D eigenvalue weighted by Gasteiger charge is -2.10. The number of hydrogen-bond donors (Lipinski definition) is 2. The topological polar surface area (TPSA) is 87.7 Å². The Morgan fingerprint density at radius 2 is 2.00 bits per heavy atom. The van der Waals surface area contributed by atoms with Gasteiger partial charge in [0.25, 0.3) is 0 Å². The number of hydrogen-bond acceptors (Lipinski definition) is 6. The average molecular weight is 356 g/mol. The summed E-state index contributed by atoms with van der Waals surface area (Å²) in [6.45, 7) is 0. The molecule has 0 amide bonds. The van der Waals surface area contributed by atoms with E-state index in [9.17, 15) is 0 Å². The van der Waals surface area contributed by atoms with E-state index in [0.717, 1.165) is 52.5 Å². The van der Waals surface area contributed by atoms with Crippen LogP contribution in [0.25, 0.3) is 16.9 Å². The molecular formula is C20H16N6O. The van der Waals surface area contributed by atoms with Crippen LogP contribution in [-0.2, 0) is 6.42 Å². The Hall–Kier alpha value is -3.74. The number of benzene rings is 1. The number of aryl methyl sites for hydroxylation is 1. The van der Waals surface area contributed by atoms with Crippen molar-refractivity contribution >= 4 is 22.9 Å². The molecule has 2 N–H and O–H groups in total. The van der Waals surface area contributed by atoms with E-state index in [2.05, 4.69) is 26.5 Å². The van der Waals surface area contributed by atoms with Crippen LogP contribution in [0.15, 0.2) is 66.5 Å². The third-order valence-corrected chi connectivity index (χ3v) is 4.80. The Morgan fingerprint density at radius 3 is 2.85 bits per heavy atom. The largest absolute Gasteiger partial charge is 0.411 e. The minimum atomic E-state index is 0.744. The standard InChI is InChI=1S/C20H16N6O/c27-25-17-6-3-13-10-15(4-5-16(13)17)23-20-19(14-2-1-7-21-11-14)24-18-12-22-8-9-26(18)20/h1-2,4-5,7-12,23,27H,3,6H2/b25-17+. The number of pyridine rings is 1. The van der Waals surface area contributed by atoms with Crippen LogP contribution in [0, 0.1) is 0 Å². The summed E-state index contributed by atoms with van der Waals surface area (Å²) in [5.74, 6) is 0.856. The molecule has 4 aromatic rings. The molecule has 5 rings (SSSR count). The summed E-state index contributed by atoms with van der Waals surface area (Å²) < 4.78 is 1.98. The summed E-state index contributed by atoms with van der Waals surface area (Å²) >= 11 is 0. The first-order chi connectivity index (χ1) is 13.3. The zero-order valence-corrected chi connectivity index (χ0v) is 14.4. The number of oxime groups is 1. The molecule has 27 heavy (non-hydrogen) atoms. The van der Waals surface area contributed by atoms with Crippen LogP contribution in [0.1, 0.15) is 17.5 Å². The summed E-state index contributed by atoms with van der Waals surface area (Å²) in [5.41, 5.74) is 6.39. The fourth-order valence-corrected chi connectivity index (χ4v) is 3.52. The number of nitrogens with one attached hydrogen (secondary N) is 1. The molecule has 0 saturated heterocycles. The maximum Gasteiger partial charge on any atom is 0.157 e. The lowest BCUT2D eigenvalue weighted by atomic mass is 10.1. The highest BCUT2D eigenvalue weighted by atomic mass is 16.4. The second kappa shape index (κ2) is 6.21. The quantitative estimate of drug-likeness (QED) is 0.432. The van der Waals surface area contributed by atoms with Gasteiger partial charge in [0.1, 0.15) is 11.5 Å². The fourth-order valence-electron chi connectivity index (χ4n) is 3.52. The molecule has 1 aliphatic rings. The van der Waals surface area contributed by atoms with Crippen molar-refractivity contribution in [3.63, 3.8) is 0 Å².